The van der Waals surface area contributed by atoms with Crippen molar-refractivity contribution in [3.8, 4) is 11.5 Å². The van der Waals surface area contributed by atoms with Crippen LogP contribution in [0.15, 0.2) is 60.7 Å². The van der Waals surface area contributed by atoms with E-state index >= 15 is 0 Å². The molecule has 1 heterocycles. The number of ether oxygens (including phenoxy) is 1. The number of para-hydroxylation sites is 1. The summed E-state index contributed by atoms with van der Waals surface area (Å²) in [6.45, 7) is 6.35. The topological polar surface area (TPSA) is 58.6 Å². The van der Waals surface area contributed by atoms with Crippen LogP contribution in [0.2, 0.25) is 0 Å². The summed E-state index contributed by atoms with van der Waals surface area (Å²) in [6.07, 6.45) is 0. The Hall–Kier alpha value is -3.60. The highest BCUT2D eigenvalue weighted by Gasteiger charge is 2.27. The predicted molar refractivity (Wildman–Crippen MR) is 114 cm³/mol. The molecule has 5 nitrogen and oxygen atoms in total. The van der Waals surface area contributed by atoms with Crippen LogP contribution in [0.1, 0.15) is 38.8 Å². The van der Waals surface area contributed by atoms with E-state index in [4.69, 9.17) is 4.74 Å². The van der Waals surface area contributed by atoms with Crippen LogP contribution in [0.5, 0.6) is 11.5 Å². The predicted octanol–water partition coefficient (Wildman–Crippen LogP) is 5.33. The molecule has 3 aromatic carbocycles. The Labute approximate surface area is 169 Å². The van der Waals surface area contributed by atoms with E-state index in [9.17, 15) is 9.59 Å². The normalized spacial score (nSPS) is 12.5. The Morgan fingerprint density at radius 3 is 2.41 bits per heavy atom. The third kappa shape index (κ3) is 3.59. The molecule has 5 heteroatoms. The first-order chi connectivity index (χ1) is 14.0. The largest absolute Gasteiger partial charge is 0.454 e. The third-order valence-corrected chi connectivity index (χ3v) is 4.89. The lowest BCUT2D eigenvalue weighted by Crippen LogP contribution is -2.30. The second kappa shape index (κ2) is 7.43. The Balaban J connectivity index is 1.70. The fourth-order valence-electron chi connectivity index (χ4n) is 3.63. The zero-order valence-corrected chi connectivity index (χ0v) is 16.7. The lowest BCUT2D eigenvalue weighted by atomic mass is 10.1. The summed E-state index contributed by atoms with van der Waals surface area (Å²) in [5.74, 6) is 0.687. The van der Waals surface area contributed by atoms with Crippen LogP contribution in [0.4, 0.5) is 11.4 Å². The molecule has 4 rings (SSSR count). The number of amides is 2. The van der Waals surface area contributed by atoms with Gasteiger partial charge in [0.15, 0.2) is 5.75 Å². The van der Waals surface area contributed by atoms with E-state index in [2.05, 4.69) is 11.4 Å². The van der Waals surface area contributed by atoms with Gasteiger partial charge in [0.05, 0.1) is 11.3 Å². The second-order valence-electron chi connectivity index (χ2n) is 7.16. The molecule has 146 valence electrons. The van der Waals surface area contributed by atoms with E-state index < -0.39 is 0 Å². The maximum atomic E-state index is 13.0. The average Bonchev–Trinajstić information content (AvgIpc) is 2.80. The summed E-state index contributed by atoms with van der Waals surface area (Å²) in [4.78, 5) is 27.5. The molecule has 0 aromatic heterocycles. The van der Waals surface area contributed by atoms with Gasteiger partial charge in [-0.25, -0.2) is 0 Å². The van der Waals surface area contributed by atoms with Crippen LogP contribution in [-0.2, 0) is 0 Å². The molecule has 1 aliphatic heterocycles. The van der Waals surface area contributed by atoms with Crippen molar-refractivity contribution in [2.24, 2.45) is 0 Å². The van der Waals surface area contributed by atoms with Crippen molar-refractivity contribution in [1.29, 1.82) is 0 Å². The SMILES string of the molecule is CCN1C(=O)c2ccccc2Oc2ccc(C(=O)Nc3cc(C)cc(C)c3)cc21. The summed E-state index contributed by atoms with van der Waals surface area (Å²) < 4.78 is 6.00. The monoisotopic (exact) mass is 386 g/mol. The van der Waals surface area contributed by atoms with Crippen LogP contribution in [0.25, 0.3) is 0 Å². The first-order valence-electron chi connectivity index (χ1n) is 9.58. The molecule has 1 N–H and O–H groups in total. The maximum absolute atomic E-state index is 13.0. The van der Waals surface area contributed by atoms with Crippen molar-refractivity contribution >= 4 is 23.2 Å². The number of hydrogen-bond acceptors (Lipinski definition) is 3. The fraction of sp³-hybridized carbons (Fsp3) is 0.167. The molecule has 3 aromatic rings. The van der Waals surface area contributed by atoms with Crippen LogP contribution < -0.4 is 15.0 Å². The molecule has 0 fully saturated rings. The third-order valence-electron chi connectivity index (χ3n) is 4.89. The fourth-order valence-corrected chi connectivity index (χ4v) is 3.63. The van der Waals surface area contributed by atoms with Gasteiger partial charge in [0.25, 0.3) is 11.8 Å². The van der Waals surface area contributed by atoms with Gasteiger partial charge >= 0.3 is 0 Å². The van der Waals surface area contributed by atoms with Crippen LogP contribution in [0, 0.1) is 13.8 Å². The number of nitrogens with one attached hydrogen (secondary N) is 1. The molecule has 0 atom stereocenters. The van der Waals surface area contributed by atoms with Gasteiger partial charge < -0.3 is 15.0 Å². The number of aryl methyl sites for hydroxylation is 2. The van der Waals surface area contributed by atoms with Gasteiger partial charge in [0, 0.05) is 17.8 Å². The quantitative estimate of drug-likeness (QED) is 0.662. The minimum Gasteiger partial charge on any atom is -0.454 e. The smallest absolute Gasteiger partial charge is 0.262 e. The standard InChI is InChI=1S/C24H22N2O3/c1-4-26-20-14-17(23(27)25-18-12-15(2)11-16(3)13-18)9-10-22(20)29-21-8-6-5-7-19(21)24(26)28/h5-14H,4H2,1-3H3,(H,25,27). The zero-order chi connectivity index (χ0) is 20.5. The molecule has 0 saturated carbocycles. The summed E-state index contributed by atoms with van der Waals surface area (Å²) >= 11 is 0. The summed E-state index contributed by atoms with van der Waals surface area (Å²) in [6, 6.07) is 18.2. The summed E-state index contributed by atoms with van der Waals surface area (Å²) in [7, 11) is 0. The van der Waals surface area contributed by atoms with Crippen LogP contribution >= 0.6 is 0 Å². The van der Waals surface area contributed by atoms with Crippen molar-refractivity contribution in [2.75, 3.05) is 16.8 Å². The van der Waals surface area contributed by atoms with Gasteiger partial charge in [0.1, 0.15) is 5.75 Å². The van der Waals surface area contributed by atoms with E-state index in [1.807, 2.05) is 45.0 Å². The van der Waals surface area contributed by atoms with Crippen molar-refractivity contribution in [2.45, 2.75) is 20.8 Å². The second-order valence-corrected chi connectivity index (χ2v) is 7.16. The van der Waals surface area contributed by atoms with Gasteiger partial charge in [0.2, 0.25) is 0 Å². The van der Waals surface area contributed by atoms with Gasteiger partial charge in [-0.2, -0.15) is 0 Å². The van der Waals surface area contributed by atoms with E-state index in [0.717, 1.165) is 16.8 Å². The average molecular weight is 386 g/mol. The van der Waals surface area contributed by atoms with Crippen LogP contribution in [0.3, 0.4) is 0 Å². The lowest BCUT2D eigenvalue weighted by molar-refractivity contribution is 0.0985. The number of carbonyl (C=O) groups is 2. The molecule has 0 spiro atoms. The summed E-state index contributed by atoms with van der Waals surface area (Å²) in [5.41, 5.74) is 4.46. The number of hydrogen-bond donors (Lipinski definition) is 1. The molecule has 1 aliphatic rings. The minimum atomic E-state index is -0.233. The number of anilines is 2. The molecule has 0 radical (unpaired) electrons. The number of rotatable bonds is 3. The molecular weight excluding hydrogens is 364 g/mol. The zero-order valence-electron chi connectivity index (χ0n) is 16.7. The van der Waals surface area contributed by atoms with E-state index in [1.54, 1.807) is 35.2 Å². The molecule has 29 heavy (non-hydrogen) atoms. The Morgan fingerprint density at radius 1 is 0.966 bits per heavy atom. The van der Waals surface area contributed by atoms with Gasteiger partial charge in [-0.3, -0.25) is 9.59 Å². The molecule has 0 aliphatic carbocycles. The van der Waals surface area contributed by atoms with Crippen LogP contribution in [-0.4, -0.2) is 18.4 Å². The first-order valence-corrected chi connectivity index (χ1v) is 9.58. The number of carbonyl (C=O) groups excluding carboxylic acids is 2. The number of benzene rings is 3. The Bertz CT molecular complexity index is 1100. The van der Waals surface area contributed by atoms with Gasteiger partial charge in [-0.15, -0.1) is 0 Å². The molecular formula is C24H22N2O3. The van der Waals surface area contributed by atoms with E-state index in [1.165, 1.54) is 0 Å². The highest BCUT2D eigenvalue weighted by atomic mass is 16.5. The molecule has 0 saturated heterocycles. The Kier molecular flexibility index (Phi) is 4.80. The Morgan fingerprint density at radius 2 is 1.69 bits per heavy atom. The maximum Gasteiger partial charge on any atom is 0.262 e. The van der Waals surface area contributed by atoms with Crippen molar-refractivity contribution in [1.82, 2.24) is 0 Å². The van der Waals surface area contributed by atoms with Gasteiger partial charge in [-0.1, -0.05) is 18.2 Å². The summed E-state index contributed by atoms with van der Waals surface area (Å²) in [5, 5.41) is 2.94. The van der Waals surface area contributed by atoms with Crippen molar-refractivity contribution < 1.29 is 14.3 Å². The number of nitrogens with zero attached hydrogens (tertiary/aromatic N) is 1. The van der Waals surface area contributed by atoms with E-state index in [0.29, 0.717) is 34.9 Å². The first kappa shape index (κ1) is 18.7. The van der Waals surface area contributed by atoms with Gasteiger partial charge in [-0.05, 0) is 74.4 Å². The lowest BCUT2D eigenvalue weighted by Gasteiger charge is -2.20. The molecule has 0 bridgehead atoms. The molecule has 2 amide bonds. The highest BCUT2D eigenvalue weighted by molar-refractivity contribution is 6.11. The van der Waals surface area contributed by atoms with Crippen molar-refractivity contribution in [3.05, 3.63) is 82.9 Å². The van der Waals surface area contributed by atoms with Crippen molar-refractivity contribution in [3.63, 3.8) is 0 Å². The number of fused-ring (bicyclic) bond motifs is 2. The minimum absolute atomic E-state index is 0.145. The van der Waals surface area contributed by atoms with E-state index in [-0.39, 0.29) is 11.8 Å². The highest BCUT2D eigenvalue weighted by Crippen LogP contribution is 2.39. The molecule has 0 unspecified atom stereocenters.